The van der Waals surface area contributed by atoms with Crippen LogP contribution in [0.5, 0.6) is 0 Å². The van der Waals surface area contributed by atoms with Crippen molar-refractivity contribution in [3.63, 3.8) is 0 Å². The maximum Gasteiger partial charge on any atom is 0.338 e. The minimum absolute atomic E-state index is 0.318. The zero-order valence-corrected chi connectivity index (χ0v) is 16.1. The van der Waals surface area contributed by atoms with Gasteiger partial charge in [0.15, 0.2) is 0 Å². The summed E-state index contributed by atoms with van der Waals surface area (Å²) in [5.41, 5.74) is 3.17. The number of benzene rings is 3. The van der Waals surface area contributed by atoms with Gasteiger partial charge in [-0.15, -0.1) is 0 Å². The molecule has 0 saturated heterocycles. The molecule has 0 saturated carbocycles. The lowest BCUT2D eigenvalue weighted by molar-refractivity contribution is 0.0494. The molecule has 0 spiro atoms. The number of hydrogen-bond acceptors (Lipinski definition) is 4. The summed E-state index contributed by atoms with van der Waals surface area (Å²) in [6.45, 7) is 1.07. The van der Waals surface area contributed by atoms with E-state index in [1.807, 2.05) is 24.3 Å². The number of nitrogens with zero attached hydrogens (tertiary/aromatic N) is 1. The number of esters is 2. The van der Waals surface area contributed by atoms with Gasteiger partial charge < -0.3 is 14.0 Å². The quantitative estimate of drug-likeness (QED) is 0.351. The van der Waals surface area contributed by atoms with E-state index in [0.717, 1.165) is 6.54 Å². The second kappa shape index (κ2) is 8.19. The van der Waals surface area contributed by atoms with Gasteiger partial charge >= 0.3 is 11.9 Å². The van der Waals surface area contributed by atoms with Crippen molar-refractivity contribution in [2.24, 2.45) is 0 Å². The second-order valence-electron chi connectivity index (χ2n) is 6.74. The van der Waals surface area contributed by atoms with Crippen LogP contribution in [0, 0.1) is 0 Å². The molecule has 5 nitrogen and oxygen atoms in total. The molecule has 0 unspecified atom stereocenters. The van der Waals surface area contributed by atoms with E-state index in [-0.39, 0.29) is 0 Å². The lowest BCUT2D eigenvalue weighted by Crippen LogP contribution is -2.09. The first-order valence-corrected chi connectivity index (χ1v) is 9.50. The number of fused-ring (bicyclic) bond motifs is 3. The Kier molecular flexibility index (Phi) is 5.29. The first kappa shape index (κ1) is 18.7. The van der Waals surface area contributed by atoms with Crippen LogP contribution in [0.15, 0.2) is 72.8 Å². The van der Waals surface area contributed by atoms with Gasteiger partial charge in [-0.2, -0.15) is 0 Å². The molecule has 0 N–H and O–H groups in total. The lowest BCUT2D eigenvalue weighted by atomic mass is 10.1. The molecule has 0 aliphatic heterocycles. The molecule has 4 rings (SSSR count). The predicted molar refractivity (Wildman–Crippen MR) is 112 cm³/mol. The number of aryl methyl sites for hydroxylation is 1. The van der Waals surface area contributed by atoms with E-state index in [9.17, 15) is 9.59 Å². The zero-order chi connectivity index (χ0) is 20.2. The topological polar surface area (TPSA) is 57.5 Å². The van der Waals surface area contributed by atoms with Crippen LogP contribution < -0.4 is 0 Å². The summed E-state index contributed by atoms with van der Waals surface area (Å²) in [5.74, 6) is -0.834. The van der Waals surface area contributed by atoms with Crippen molar-refractivity contribution < 1.29 is 19.1 Å². The Morgan fingerprint density at radius 2 is 1.28 bits per heavy atom. The van der Waals surface area contributed by atoms with Crippen LogP contribution in [0.4, 0.5) is 0 Å². The van der Waals surface area contributed by atoms with Gasteiger partial charge in [0.1, 0.15) is 0 Å². The number of ether oxygens (including phenoxy) is 2. The number of para-hydroxylation sites is 2. The Morgan fingerprint density at radius 1 is 0.759 bits per heavy atom. The highest BCUT2D eigenvalue weighted by Gasteiger charge is 2.11. The van der Waals surface area contributed by atoms with Gasteiger partial charge in [0.05, 0.1) is 24.8 Å². The summed E-state index contributed by atoms with van der Waals surface area (Å²) in [7, 11) is 1.32. The highest BCUT2D eigenvalue weighted by atomic mass is 16.5. The molecule has 1 aromatic heterocycles. The summed E-state index contributed by atoms with van der Waals surface area (Å²) in [5, 5.41) is 2.46. The van der Waals surface area contributed by atoms with Crippen LogP contribution in [0.2, 0.25) is 0 Å². The number of aromatic nitrogens is 1. The molecule has 3 aromatic carbocycles. The maximum absolute atomic E-state index is 12.2. The normalized spacial score (nSPS) is 10.9. The van der Waals surface area contributed by atoms with Gasteiger partial charge in [0, 0.05) is 28.4 Å². The van der Waals surface area contributed by atoms with Gasteiger partial charge in [-0.3, -0.25) is 0 Å². The molecule has 0 atom stereocenters. The van der Waals surface area contributed by atoms with Crippen LogP contribution in [0.25, 0.3) is 21.8 Å². The third-order valence-corrected chi connectivity index (χ3v) is 4.98. The van der Waals surface area contributed by atoms with Crippen LogP contribution in [-0.4, -0.2) is 30.2 Å². The van der Waals surface area contributed by atoms with Gasteiger partial charge in [0.25, 0.3) is 0 Å². The lowest BCUT2D eigenvalue weighted by Gasteiger charge is -2.09. The van der Waals surface area contributed by atoms with Crippen molar-refractivity contribution in [1.82, 2.24) is 4.57 Å². The van der Waals surface area contributed by atoms with Crippen molar-refractivity contribution in [2.75, 3.05) is 13.7 Å². The van der Waals surface area contributed by atoms with Gasteiger partial charge in [-0.25, -0.2) is 9.59 Å². The Labute approximate surface area is 168 Å². The zero-order valence-electron chi connectivity index (χ0n) is 16.1. The van der Waals surface area contributed by atoms with Crippen molar-refractivity contribution in [3.05, 3.63) is 83.9 Å². The summed E-state index contributed by atoms with van der Waals surface area (Å²) >= 11 is 0. The Balaban J connectivity index is 1.41. The van der Waals surface area contributed by atoms with E-state index >= 15 is 0 Å². The van der Waals surface area contributed by atoms with Crippen LogP contribution in [0.3, 0.4) is 0 Å². The number of carbonyl (C=O) groups excluding carboxylic acids is 2. The van der Waals surface area contributed by atoms with Crippen LogP contribution in [0.1, 0.15) is 27.1 Å². The SMILES string of the molecule is COC(=O)c1ccc(C(=O)OCCCn2c3ccccc3c3ccccc32)cc1. The van der Waals surface area contributed by atoms with E-state index in [1.165, 1.54) is 28.9 Å². The first-order valence-electron chi connectivity index (χ1n) is 9.50. The molecule has 146 valence electrons. The summed E-state index contributed by atoms with van der Waals surface area (Å²) in [6, 6.07) is 22.9. The fraction of sp³-hybridized carbons (Fsp3) is 0.167. The summed E-state index contributed by atoms with van der Waals surface area (Å²) in [6.07, 6.45) is 0.703. The minimum atomic E-state index is -0.434. The summed E-state index contributed by atoms with van der Waals surface area (Å²) in [4.78, 5) is 23.7. The Bertz CT molecular complexity index is 1120. The minimum Gasteiger partial charge on any atom is -0.465 e. The van der Waals surface area contributed by atoms with Crippen molar-refractivity contribution in [3.8, 4) is 0 Å². The molecule has 0 amide bonds. The predicted octanol–water partition coefficient (Wildman–Crippen LogP) is 4.83. The van der Waals surface area contributed by atoms with Gasteiger partial charge in [0.2, 0.25) is 0 Å². The molecule has 0 radical (unpaired) electrons. The largest absolute Gasteiger partial charge is 0.465 e. The third kappa shape index (κ3) is 3.72. The average Bonchev–Trinajstić information content (AvgIpc) is 3.10. The number of hydrogen-bond donors (Lipinski definition) is 0. The van der Waals surface area contributed by atoms with Crippen molar-refractivity contribution >= 4 is 33.7 Å². The van der Waals surface area contributed by atoms with Gasteiger partial charge in [-0.1, -0.05) is 36.4 Å². The molecule has 0 aliphatic carbocycles. The van der Waals surface area contributed by atoms with Crippen molar-refractivity contribution in [1.29, 1.82) is 0 Å². The van der Waals surface area contributed by atoms with E-state index in [4.69, 9.17) is 4.74 Å². The number of rotatable bonds is 6. The van der Waals surface area contributed by atoms with E-state index in [2.05, 4.69) is 33.6 Å². The average molecular weight is 387 g/mol. The highest BCUT2D eigenvalue weighted by Crippen LogP contribution is 2.28. The standard InChI is InChI=1S/C24H21NO4/c1-28-23(26)17-11-13-18(14-12-17)24(27)29-16-6-15-25-21-9-4-2-7-19(21)20-8-3-5-10-22(20)25/h2-5,7-14H,6,15-16H2,1H3. The molecule has 1 heterocycles. The fourth-order valence-corrected chi connectivity index (χ4v) is 3.58. The highest BCUT2D eigenvalue weighted by molar-refractivity contribution is 6.07. The molecule has 0 fully saturated rings. The maximum atomic E-state index is 12.2. The number of methoxy groups -OCH3 is 1. The Hall–Kier alpha value is -3.60. The molecule has 0 aliphatic rings. The molecule has 5 heteroatoms. The molecule has 0 bridgehead atoms. The molecule has 4 aromatic rings. The third-order valence-electron chi connectivity index (χ3n) is 4.98. The van der Waals surface area contributed by atoms with E-state index in [0.29, 0.717) is 24.2 Å². The van der Waals surface area contributed by atoms with E-state index in [1.54, 1.807) is 24.3 Å². The van der Waals surface area contributed by atoms with E-state index < -0.39 is 11.9 Å². The molecular weight excluding hydrogens is 366 g/mol. The summed E-state index contributed by atoms with van der Waals surface area (Å²) < 4.78 is 12.3. The van der Waals surface area contributed by atoms with Crippen LogP contribution in [-0.2, 0) is 16.0 Å². The molecular formula is C24H21NO4. The Morgan fingerprint density at radius 3 is 1.83 bits per heavy atom. The monoisotopic (exact) mass is 387 g/mol. The smallest absolute Gasteiger partial charge is 0.338 e. The second-order valence-corrected chi connectivity index (χ2v) is 6.74. The first-order chi connectivity index (χ1) is 14.2. The van der Waals surface area contributed by atoms with Crippen molar-refractivity contribution in [2.45, 2.75) is 13.0 Å². The number of carbonyl (C=O) groups is 2. The molecule has 29 heavy (non-hydrogen) atoms. The van der Waals surface area contributed by atoms with Crippen LogP contribution >= 0.6 is 0 Å². The van der Waals surface area contributed by atoms with Gasteiger partial charge in [-0.05, 0) is 42.8 Å². The fourth-order valence-electron chi connectivity index (χ4n) is 3.58.